The van der Waals surface area contributed by atoms with Crippen LogP contribution in [0.4, 0.5) is 5.69 Å². The zero-order chi connectivity index (χ0) is 16.5. The van der Waals surface area contributed by atoms with Crippen LogP contribution in [-0.2, 0) is 16.1 Å². The van der Waals surface area contributed by atoms with Crippen LogP contribution in [0.3, 0.4) is 0 Å². The minimum atomic E-state index is -0.0124. The summed E-state index contributed by atoms with van der Waals surface area (Å²) in [6.45, 7) is 6.22. The van der Waals surface area contributed by atoms with Gasteiger partial charge < -0.3 is 16.4 Å². The number of nitrogens with two attached hydrogens (primary N) is 1. The Balaban J connectivity index is 2.50. The first-order valence-corrected chi connectivity index (χ1v) is 7.84. The van der Waals surface area contributed by atoms with E-state index >= 15 is 0 Å². The molecule has 22 heavy (non-hydrogen) atoms. The number of nitrogens with one attached hydrogen (secondary N) is 2. The van der Waals surface area contributed by atoms with Gasteiger partial charge in [-0.05, 0) is 37.5 Å². The van der Waals surface area contributed by atoms with Gasteiger partial charge in [-0.25, -0.2) is 0 Å². The van der Waals surface area contributed by atoms with E-state index in [0.29, 0.717) is 19.4 Å². The van der Waals surface area contributed by atoms with E-state index in [2.05, 4.69) is 10.6 Å². The molecule has 0 saturated carbocycles. The summed E-state index contributed by atoms with van der Waals surface area (Å²) in [7, 11) is 0. The summed E-state index contributed by atoms with van der Waals surface area (Å²) < 4.78 is 0. The first kappa shape index (κ1) is 18.2. The van der Waals surface area contributed by atoms with Crippen LogP contribution < -0.4 is 16.4 Å². The Kier molecular flexibility index (Phi) is 7.60. The smallest absolute Gasteiger partial charge is 0.227 e. The second kappa shape index (κ2) is 9.20. The number of hydrogen-bond donors (Lipinski definition) is 3. The molecule has 0 aliphatic carbocycles. The number of hydrogen-bond acceptors (Lipinski definition) is 3. The number of carbonyl (C=O) groups excluding carboxylic acids is 2. The molecular weight excluding hydrogens is 278 g/mol. The third kappa shape index (κ3) is 6.72. The Hall–Kier alpha value is -1.88. The lowest BCUT2D eigenvalue weighted by Crippen LogP contribution is -2.25. The van der Waals surface area contributed by atoms with Crippen LogP contribution in [0.5, 0.6) is 0 Å². The largest absolute Gasteiger partial charge is 0.352 e. The van der Waals surface area contributed by atoms with Crippen molar-refractivity contribution < 1.29 is 9.59 Å². The van der Waals surface area contributed by atoms with Crippen molar-refractivity contribution in [3.8, 4) is 0 Å². The summed E-state index contributed by atoms with van der Waals surface area (Å²) in [5.41, 5.74) is 7.34. The van der Waals surface area contributed by atoms with Crippen LogP contribution in [0, 0.1) is 5.92 Å². The molecule has 0 radical (unpaired) electrons. The molecule has 0 heterocycles. The topological polar surface area (TPSA) is 84.2 Å². The SMILES string of the molecule is CCC(C)C(=O)Nc1cccc(CNC(=O)CCC(C)N)c1. The summed E-state index contributed by atoms with van der Waals surface area (Å²) in [5.74, 6) is -0.00595. The van der Waals surface area contributed by atoms with Crippen LogP contribution in [0.1, 0.15) is 45.6 Å². The Morgan fingerprint density at radius 3 is 2.64 bits per heavy atom. The molecule has 2 atom stereocenters. The standard InChI is InChI=1S/C17H27N3O2/c1-4-12(2)17(22)20-15-7-5-6-14(10-15)11-19-16(21)9-8-13(3)18/h5-7,10,12-13H,4,8-9,11,18H2,1-3H3,(H,19,21)(H,20,22). The van der Waals surface area contributed by atoms with Crippen molar-refractivity contribution in [1.82, 2.24) is 5.32 Å². The maximum atomic E-state index is 11.9. The number of anilines is 1. The van der Waals surface area contributed by atoms with Crippen molar-refractivity contribution in [2.45, 2.75) is 52.6 Å². The molecule has 0 saturated heterocycles. The van der Waals surface area contributed by atoms with Crippen molar-refractivity contribution in [2.24, 2.45) is 11.7 Å². The summed E-state index contributed by atoms with van der Waals surface area (Å²) in [4.78, 5) is 23.6. The minimum absolute atomic E-state index is 0.00801. The van der Waals surface area contributed by atoms with Gasteiger partial charge in [0, 0.05) is 30.6 Å². The highest BCUT2D eigenvalue weighted by molar-refractivity contribution is 5.92. The van der Waals surface area contributed by atoms with Gasteiger partial charge in [-0.1, -0.05) is 26.0 Å². The molecule has 5 nitrogen and oxygen atoms in total. The first-order chi connectivity index (χ1) is 10.4. The molecule has 122 valence electrons. The zero-order valence-electron chi connectivity index (χ0n) is 13.7. The molecule has 0 aromatic heterocycles. The zero-order valence-corrected chi connectivity index (χ0v) is 13.7. The highest BCUT2D eigenvalue weighted by Crippen LogP contribution is 2.13. The predicted octanol–water partition coefficient (Wildman–Crippen LogP) is 2.41. The summed E-state index contributed by atoms with van der Waals surface area (Å²) in [5, 5.41) is 5.75. The lowest BCUT2D eigenvalue weighted by molar-refractivity contribution is -0.121. The normalized spacial score (nSPS) is 13.3. The van der Waals surface area contributed by atoms with E-state index < -0.39 is 0 Å². The molecule has 0 fully saturated rings. The molecule has 2 amide bonds. The summed E-state index contributed by atoms with van der Waals surface area (Å²) >= 11 is 0. The maximum Gasteiger partial charge on any atom is 0.227 e. The Labute approximate surface area is 132 Å². The van der Waals surface area contributed by atoms with Crippen LogP contribution in [0.25, 0.3) is 0 Å². The Morgan fingerprint density at radius 1 is 1.27 bits per heavy atom. The highest BCUT2D eigenvalue weighted by atomic mass is 16.2. The van der Waals surface area contributed by atoms with E-state index in [1.165, 1.54) is 0 Å². The number of benzene rings is 1. The minimum Gasteiger partial charge on any atom is -0.352 e. The molecule has 5 heteroatoms. The quantitative estimate of drug-likeness (QED) is 0.689. The molecule has 0 aliphatic heterocycles. The third-order valence-electron chi connectivity index (χ3n) is 3.57. The van der Waals surface area contributed by atoms with Crippen molar-refractivity contribution in [3.05, 3.63) is 29.8 Å². The van der Waals surface area contributed by atoms with Crippen LogP contribution in [-0.4, -0.2) is 17.9 Å². The molecule has 4 N–H and O–H groups in total. The average molecular weight is 305 g/mol. The predicted molar refractivity (Wildman–Crippen MR) is 89.3 cm³/mol. The van der Waals surface area contributed by atoms with E-state index in [1.54, 1.807) is 0 Å². The van der Waals surface area contributed by atoms with Crippen molar-refractivity contribution >= 4 is 17.5 Å². The van der Waals surface area contributed by atoms with Crippen molar-refractivity contribution in [3.63, 3.8) is 0 Å². The van der Waals surface area contributed by atoms with E-state index in [9.17, 15) is 9.59 Å². The van der Waals surface area contributed by atoms with Crippen LogP contribution in [0.15, 0.2) is 24.3 Å². The van der Waals surface area contributed by atoms with E-state index in [-0.39, 0.29) is 23.8 Å². The van der Waals surface area contributed by atoms with Gasteiger partial charge in [0.05, 0.1) is 0 Å². The van der Waals surface area contributed by atoms with Crippen molar-refractivity contribution in [1.29, 1.82) is 0 Å². The Morgan fingerprint density at radius 2 is 2.00 bits per heavy atom. The van der Waals surface area contributed by atoms with E-state index in [0.717, 1.165) is 17.7 Å². The van der Waals surface area contributed by atoms with Crippen LogP contribution in [0.2, 0.25) is 0 Å². The fraction of sp³-hybridized carbons (Fsp3) is 0.529. The van der Waals surface area contributed by atoms with Gasteiger partial charge in [0.25, 0.3) is 0 Å². The van der Waals surface area contributed by atoms with Gasteiger partial charge >= 0.3 is 0 Å². The second-order valence-corrected chi connectivity index (χ2v) is 5.79. The van der Waals surface area contributed by atoms with Gasteiger partial charge in [0.15, 0.2) is 0 Å². The number of amides is 2. The monoisotopic (exact) mass is 305 g/mol. The summed E-state index contributed by atoms with van der Waals surface area (Å²) in [6.07, 6.45) is 1.92. The summed E-state index contributed by atoms with van der Waals surface area (Å²) in [6, 6.07) is 7.55. The lowest BCUT2D eigenvalue weighted by Gasteiger charge is -2.11. The number of carbonyl (C=O) groups is 2. The number of rotatable bonds is 8. The molecular formula is C17H27N3O2. The highest BCUT2D eigenvalue weighted by Gasteiger charge is 2.10. The lowest BCUT2D eigenvalue weighted by atomic mass is 10.1. The first-order valence-electron chi connectivity index (χ1n) is 7.84. The van der Waals surface area contributed by atoms with Gasteiger partial charge in [-0.3, -0.25) is 9.59 Å². The molecule has 1 aromatic rings. The van der Waals surface area contributed by atoms with Crippen molar-refractivity contribution in [2.75, 3.05) is 5.32 Å². The molecule has 0 bridgehead atoms. The molecule has 2 unspecified atom stereocenters. The van der Waals surface area contributed by atoms with Crippen LogP contribution >= 0.6 is 0 Å². The van der Waals surface area contributed by atoms with Gasteiger partial charge in [0.2, 0.25) is 11.8 Å². The van der Waals surface area contributed by atoms with Gasteiger partial charge in [0.1, 0.15) is 0 Å². The fourth-order valence-electron chi connectivity index (χ4n) is 1.86. The molecule has 1 aromatic carbocycles. The van der Waals surface area contributed by atoms with Gasteiger partial charge in [-0.15, -0.1) is 0 Å². The average Bonchev–Trinajstić information content (AvgIpc) is 2.50. The second-order valence-electron chi connectivity index (χ2n) is 5.79. The fourth-order valence-corrected chi connectivity index (χ4v) is 1.86. The molecule has 0 aliphatic rings. The molecule has 0 spiro atoms. The third-order valence-corrected chi connectivity index (χ3v) is 3.57. The maximum absolute atomic E-state index is 11.9. The van der Waals surface area contributed by atoms with E-state index in [1.807, 2.05) is 45.0 Å². The van der Waals surface area contributed by atoms with Gasteiger partial charge in [-0.2, -0.15) is 0 Å². The molecule has 1 rings (SSSR count). The van der Waals surface area contributed by atoms with E-state index in [4.69, 9.17) is 5.73 Å². The Bertz CT molecular complexity index is 500.